The van der Waals surface area contributed by atoms with Gasteiger partial charge in [-0.3, -0.25) is 20.7 Å². The summed E-state index contributed by atoms with van der Waals surface area (Å²) in [4.78, 5) is 28.8. The molecule has 1 unspecified atom stereocenters. The maximum Gasteiger partial charge on any atom is 0.241 e. The van der Waals surface area contributed by atoms with E-state index >= 15 is 0 Å². The Morgan fingerprint density at radius 3 is 2.44 bits per heavy atom. The van der Waals surface area contributed by atoms with Gasteiger partial charge in [0.15, 0.2) is 0 Å². The lowest BCUT2D eigenvalue weighted by atomic mass is 9.94. The number of piperidine rings is 1. The molecule has 1 aromatic carbocycles. The topological polar surface area (TPSA) is 92.2 Å². The van der Waals surface area contributed by atoms with Crippen molar-refractivity contribution in [3.8, 4) is 0 Å². The van der Waals surface area contributed by atoms with E-state index in [9.17, 15) is 9.59 Å². The molecule has 0 aliphatic carbocycles. The first kappa shape index (κ1) is 17.5. The maximum atomic E-state index is 12.8. The summed E-state index contributed by atoms with van der Waals surface area (Å²) in [6.07, 6.45) is 1.89. The Kier molecular flexibility index (Phi) is 4.79. The van der Waals surface area contributed by atoms with Crippen molar-refractivity contribution in [1.82, 2.24) is 4.90 Å². The number of hydrogen-bond acceptors (Lipinski definition) is 2. The van der Waals surface area contributed by atoms with E-state index < -0.39 is 0 Å². The molecule has 0 spiro atoms. The lowest BCUT2D eigenvalue weighted by Crippen LogP contribution is -2.53. The molecule has 2 saturated heterocycles. The standard InChI is InChI=1S/C19H26N4O2/c1-12-3-4-16(9-13(12)2)23-11-15(10-17(23)24)19(25)22-7-5-14(6-8-22)18(20)21/h3-4,9,14-15H,5-8,10-11H2,1-2H3,(H3,20,21)/p+1. The monoisotopic (exact) mass is 343 g/mol. The van der Waals surface area contributed by atoms with Crippen molar-refractivity contribution in [1.29, 1.82) is 0 Å². The lowest BCUT2D eigenvalue weighted by Gasteiger charge is -2.31. The molecule has 0 bridgehead atoms. The summed E-state index contributed by atoms with van der Waals surface area (Å²) in [7, 11) is 0. The van der Waals surface area contributed by atoms with E-state index in [0.717, 1.165) is 24.1 Å². The van der Waals surface area contributed by atoms with E-state index in [4.69, 9.17) is 11.1 Å². The third-order valence-corrected chi connectivity index (χ3v) is 5.55. The zero-order valence-corrected chi connectivity index (χ0v) is 15.0. The van der Waals surface area contributed by atoms with Crippen molar-refractivity contribution in [2.24, 2.45) is 17.6 Å². The number of nitrogens with zero attached hydrogens (tertiary/aromatic N) is 2. The number of likely N-dealkylation sites (tertiary alicyclic amines) is 1. The maximum absolute atomic E-state index is 12.8. The average Bonchev–Trinajstić information content (AvgIpc) is 2.98. The number of rotatable bonds is 3. The highest BCUT2D eigenvalue weighted by Gasteiger charge is 2.38. The fourth-order valence-electron chi connectivity index (χ4n) is 3.71. The molecule has 1 aromatic rings. The fraction of sp³-hybridized carbons (Fsp3) is 0.526. The Morgan fingerprint density at radius 1 is 1.16 bits per heavy atom. The first-order valence-electron chi connectivity index (χ1n) is 8.91. The predicted molar refractivity (Wildman–Crippen MR) is 96.8 cm³/mol. The predicted octanol–water partition coefficient (Wildman–Crippen LogP) is 0.0112. The van der Waals surface area contributed by atoms with Gasteiger partial charge in [-0.15, -0.1) is 0 Å². The SMILES string of the molecule is Cc1ccc(N2CC(C(=O)N3CCC(C(N)=[NH2+])CC3)CC2=O)cc1C. The third-order valence-electron chi connectivity index (χ3n) is 5.55. The summed E-state index contributed by atoms with van der Waals surface area (Å²) in [6.45, 7) is 5.87. The first-order chi connectivity index (χ1) is 11.9. The van der Waals surface area contributed by atoms with E-state index in [1.807, 2.05) is 36.9 Å². The van der Waals surface area contributed by atoms with Gasteiger partial charge in [0.25, 0.3) is 0 Å². The zero-order chi connectivity index (χ0) is 18.1. The molecule has 2 aliphatic heterocycles. The number of amides is 2. The van der Waals surface area contributed by atoms with Crippen LogP contribution in [0.25, 0.3) is 0 Å². The fourth-order valence-corrected chi connectivity index (χ4v) is 3.71. The van der Waals surface area contributed by atoms with Crippen LogP contribution in [0.4, 0.5) is 5.69 Å². The van der Waals surface area contributed by atoms with Crippen LogP contribution in [0.2, 0.25) is 0 Å². The number of anilines is 1. The molecule has 6 heteroatoms. The number of benzene rings is 1. The highest BCUT2D eigenvalue weighted by molar-refractivity contribution is 6.00. The van der Waals surface area contributed by atoms with Crippen LogP contribution in [0.15, 0.2) is 18.2 Å². The van der Waals surface area contributed by atoms with Crippen molar-refractivity contribution in [2.75, 3.05) is 24.5 Å². The normalized spacial score (nSPS) is 21.7. The van der Waals surface area contributed by atoms with Crippen molar-refractivity contribution >= 4 is 23.3 Å². The van der Waals surface area contributed by atoms with Crippen molar-refractivity contribution < 1.29 is 15.0 Å². The number of aryl methyl sites for hydroxylation is 2. The molecular weight excluding hydrogens is 316 g/mol. The highest BCUT2D eigenvalue weighted by Crippen LogP contribution is 2.29. The van der Waals surface area contributed by atoms with Crippen LogP contribution in [0.1, 0.15) is 30.4 Å². The molecule has 2 fully saturated rings. The van der Waals surface area contributed by atoms with Crippen LogP contribution < -0.4 is 16.0 Å². The molecule has 6 nitrogen and oxygen atoms in total. The van der Waals surface area contributed by atoms with Crippen LogP contribution in [0.3, 0.4) is 0 Å². The lowest BCUT2D eigenvalue weighted by molar-refractivity contribution is -0.138. The van der Waals surface area contributed by atoms with Gasteiger partial charge in [-0.05, 0) is 49.9 Å². The third kappa shape index (κ3) is 3.52. The van der Waals surface area contributed by atoms with Crippen molar-refractivity contribution in [3.05, 3.63) is 29.3 Å². The quantitative estimate of drug-likeness (QED) is 0.598. The number of nitrogens with two attached hydrogens (primary N) is 2. The number of hydrogen-bond donors (Lipinski definition) is 2. The van der Waals surface area contributed by atoms with E-state index in [2.05, 4.69) is 0 Å². The summed E-state index contributed by atoms with van der Waals surface area (Å²) in [5.41, 5.74) is 8.90. The van der Waals surface area contributed by atoms with Gasteiger partial charge in [0, 0.05) is 31.7 Å². The van der Waals surface area contributed by atoms with Crippen molar-refractivity contribution in [3.63, 3.8) is 0 Å². The van der Waals surface area contributed by atoms with Crippen LogP contribution in [0, 0.1) is 25.7 Å². The molecular formula is C19H27N4O2+. The molecule has 3 rings (SSSR count). The molecule has 2 amide bonds. The zero-order valence-electron chi connectivity index (χ0n) is 15.0. The van der Waals surface area contributed by atoms with Gasteiger partial charge in [-0.2, -0.15) is 0 Å². The Bertz CT molecular complexity index is 707. The van der Waals surface area contributed by atoms with Gasteiger partial charge in [0.1, 0.15) is 0 Å². The minimum atomic E-state index is -0.259. The van der Waals surface area contributed by atoms with Crippen LogP contribution in [0.5, 0.6) is 0 Å². The molecule has 1 atom stereocenters. The van der Waals surface area contributed by atoms with Crippen LogP contribution in [-0.2, 0) is 9.59 Å². The average molecular weight is 343 g/mol. The van der Waals surface area contributed by atoms with Gasteiger partial charge in [-0.1, -0.05) is 6.07 Å². The van der Waals surface area contributed by atoms with Gasteiger partial charge in [-0.25, -0.2) is 0 Å². The molecule has 134 valence electrons. The Balaban J connectivity index is 1.65. The second kappa shape index (κ2) is 6.86. The highest BCUT2D eigenvalue weighted by atomic mass is 16.2. The second-order valence-corrected chi connectivity index (χ2v) is 7.27. The van der Waals surface area contributed by atoms with E-state index in [1.165, 1.54) is 5.56 Å². The Hall–Kier alpha value is -2.37. The minimum absolute atomic E-state index is 0.0241. The molecule has 0 aromatic heterocycles. The first-order valence-corrected chi connectivity index (χ1v) is 8.91. The summed E-state index contributed by atoms with van der Waals surface area (Å²) in [6, 6.07) is 6.00. The second-order valence-electron chi connectivity index (χ2n) is 7.27. The number of carbonyl (C=O) groups is 2. The Morgan fingerprint density at radius 2 is 1.84 bits per heavy atom. The summed E-state index contributed by atoms with van der Waals surface area (Å²) in [5.74, 6) is 0.500. The largest absolute Gasteiger partial charge is 0.342 e. The van der Waals surface area contributed by atoms with E-state index in [-0.39, 0.29) is 30.1 Å². The minimum Gasteiger partial charge on any atom is -0.342 e. The van der Waals surface area contributed by atoms with E-state index in [1.54, 1.807) is 4.90 Å². The Labute approximate surface area is 148 Å². The summed E-state index contributed by atoms with van der Waals surface area (Å²) < 4.78 is 0. The summed E-state index contributed by atoms with van der Waals surface area (Å²) in [5, 5.41) is 5.67. The molecule has 2 aliphatic rings. The van der Waals surface area contributed by atoms with Gasteiger partial charge in [0.2, 0.25) is 17.6 Å². The molecule has 0 radical (unpaired) electrons. The van der Waals surface area contributed by atoms with Gasteiger partial charge in [0.05, 0.1) is 11.8 Å². The van der Waals surface area contributed by atoms with Gasteiger partial charge < -0.3 is 9.80 Å². The van der Waals surface area contributed by atoms with Crippen LogP contribution >= 0.6 is 0 Å². The molecule has 25 heavy (non-hydrogen) atoms. The molecule has 4 N–H and O–H groups in total. The van der Waals surface area contributed by atoms with Crippen LogP contribution in [-0.4, -0.2) is 42.2 Å². The summed E-state index contributed by atoms with van der Waals surface area (Å²) >= 11 is 0. The molecule has 2 heterocycles. The number of amidine groups is 1. The van der Waals surface area contributed by atoms with Gasteiger partial charge >= 0.3 is 0 Å². The van der Waals surface area contributed by atoms with E-state index in [0.29, 0.717) is 25.5 Å². The molecule has 0 saturated carbocycles. The van der Waals surface area contributed by atoms with Crippen molar-refractivity contribution in [2.45, 2.75) is 33.1 Å². The smallest absolute Gasteiger partial charge is 0.241 e. The number of carbonyl (C=O) groups excluding carboxylic acids is 2.